The Kier molecular flexibility index (Phi) is 9.22. The van der Waals surface area contributed by atoms with Crippen LogP contribution in [0.25, 0.3) is 62.6 Å². The lowest BCUT2D eigenvalue weighted by Gasteiger charge is -2.41. The van der Waals surface area contributed by atoms with Crippen molar-refractivity contribution in [3.63, 3.8) is 0 Å². The highest BCUT2D eigenvalue weighted by molar-refractivity contribution is 7.26. The first kappa shape index (κ1) is 41.1. The summed E-state index contributed by atoms with van der Waals surface area (Å²) in [6.45, 7) is 0. The predicted octanol–water partition coefficient (Wildman–Crippen LogP) is 19.5. The molecule has 1 spiro atoms. The monoisotopic (exact) mass is 954 g/mol. The summed E-state index contributed by atoms with van der Waals surface area (Å²) in [7, 11) is 0. The Morgan fingerprint density at radius 1 is 0.306 bits per heavy atom. The minimum atomic E-state index is -0.662. The molecule has 0 saturated heterocycles. The van der Waals surface area contributed by atoms with Crippen LogP contribution < -0.4 is 14.5 Å². The number of para-hydroxylation sites is 4. The maximum atomic E-state index is 7.77. The molecule has 11 aromatic carbocycles. The summed E-state index contributed by atoms with van der Waals surface area (Å²) < 4.78 is 12.6. The molecule has 0 radical (unpaired) electrons. The molecule has 0 atom stereocenters. The van der Waals surface area contributed by atoms with Gasteiger partial charge in [0, 0.05) is 75.1 Å². The summed E-state index contributed by atoms with van der Waals surface area (Å²) in [4.78, 5) is 4.80. The van der Waals surface area contributed by atoms with Gasteiger partial charge in [-0.1, -0.05) is 188 Å². The largest absolute Gasteiger partial charge is 0.453 e. The smallest absolute Gasteiger partial charge is 0.156 e. The molecule has 0 amide bonds. The Balaban J connectivity index is 0.977. The standard InChI is InChI=1S/C67H42N2OS2/c1-4-19-43(20-5-1)48-25-12-16-32-59(48)68(44-21-6-2-7-22-44)46-36-38-53-54-39-40-58-65(66(54)72-63(53)42-46)70-64-57(67(58)55-29-14-10-26-49(55)50-27-11-15-30-56(50)67)31-18-33-60(64)69(45-23-8-3-9-24-45)47-35-37-52-51-28-13-17-34-61(51)71-62(52)41-47/h1-42H. The summed E-state index contributed by atoms with van der Waals surface area (Å²) in [6.07, 6.45) is 0. The molecule has 0 bridgehead atoms. The van der Waals surface area contributed by atoms with E-state index in [2.05, 4.69) is 265 Å². The van der Waals surface area contributed by atoms with Crippen molar-refractivity contribution in [3.8, 4) is 33.8 Å². The number of ether oxygens (including phenoxy) is 1. The van der Waals surface area contributed by atoms with Crippen LogP contribution in [-0.4, -0.2) is 0 Å². The third kappa shape index (κ3) is 6.02. The van der Waals surface area contributed by atoms with Crippen LogP contribution in [0.3, 0.4) is 0 Å². The molecule has 72 heavy (non-hydrogen) atoms. The van der Waals surface area contributed by atoms with E-state index in [9.17, 15) is 0 Å². The Labute approximate surface area is 425 Å². The molecule has 1 aliphatic carbocycles. The maximum Gasteiger partial charge on any atom is 0.156 e. The van der Waals surface area contributed by atoms with Gasteiger partial charge in [0.1, 0.15) is 5.75 Å². The fourth-order valence-corrected chi connectivity index (χ4v) is 14.3. The SMILES string of the molecule is c1ccc(-c2ccccc2N(c2ccccc2)c2ccc3c(c2)sc2c4c(ccc23)C2(c3ccccc3-c3ccccc32)c2cccc(N(c3ccccc3)c3ccc5c(c3)sc3ccccc35)c2O4)cc1. The van der Waals surface area contributed by atoms with E-state index in [1.165, 1.54) is 69.0 Å². The van der Waals surface area contributed by atoms with Crippen LogP contribution in [0.5, 0.6) is 11.5 Å². The molecule has 2 aromatic heterocycles. The molecule has 5 heteroatoms. The molecule has 13 aromatic rings. The Morgan fingerprint density at radius 2 is 0.792 bits per heavy atom. The quantitative estimate of drug-likeness (QED) is 0.158. The average molecular weight is 955 g/mol. The van der Waals surface area contributed by atoms with Gasteiger partial charge < -0.3 is 14.5 Å². The van der Waals surface area contributed by atoms with E-state index in [1.807, 2.05) is 22.7 Å². The normalized spacial score (nSPS) is 12.9. The van der Waals surface area contributed by atoms with Crippen molar-refractivity contribution in [2.75, 3.05) is 9.80 Å². The molecule has 0 unspecified atom stereocenters. The van der Waals surface area contributed by atoms with Crippen molar-refractivity contribution < 1.29 is 4.74 Å². The van der Waals surface area contributed by atoms with E-state index in [-0.39, 0.29) is 0 Å². The number of benzene rings is 11. The van der Waals surface area contributed by atoms with E-state index < -0.39 is 5.41 Å². The molecule has 0 saturated carbocycles. The molecule has 15 rings (SSSR count). The van der Waals surface area contributed by atoms with E-state index in [4.69, 9.17) is 4.74 Å². The van der Waals surface area contributed by atoms with Gasteiger partial charge in [0.15, 0.2) is 5.75 Å². The van der Waals surface area contributed by atoms with Gasteiger partial charge in [-0.05, 0) is 94.5 Å². The molecule has 0 N–H and O–H groups in total. The van der Waals surface area contributed by atoms with Crippen molar-refractivity contribution in [3.05, 3.63) is 277 Å². The van der Waals surface area contributed by atoms with Crippen LogP contribution in [0.1, 0.15) is 22.3 Å². The summed E-state index contributed by atoms with van der Waals surface area (Å²) in [5.74, 6) is 1.76. The predicted molar refractivity (Wildman–Crippen MR) is 304 cm³/mol. The van der Waals surface area contributed by atoms with E-state index in [0.717, 1.165) is 61.5 Å². The zero-order valence-electron chi connectivity index (χ0n) is 38.9. The van der Waals surface area contributed by atoms with Crippen molar-refractivity contribution >= 4 is 97.1 Å². The van der Waals surface area contributed by atoms with Gasteiger partial charge in [-0.3, -0.25) is 0 Å². The Morgan fingerprint density at radius 3 is 1.49 bits per heavy atom. The highest BCUT2D eigenvalue weighted by Gasteiger charge is 2.52. The summed E-state index contributed by atoms with van der Waals surface area (Å²) >= 11 is 3.67. The van der Waals surface area contributed by atoms with Crippen molar-refractivity contribution in [1.82, 2.24) is 0 Å². The molecule has 3 heterocycles. The number of anilines is 6. The second kappa shape index (κ2) is 16.2. The summed E-state index contributed by atoms with van der Waals surface area (Å²) in [5, 5.41) is 4.95. The lowest BCUT2D eigenvalue weighted by molar-refractivity contribution is 0.443. The van der Waals surface area contributed by atoms with Gasteiger partial charge in [0.2, 0.25) is 0 Å². The molecule has 0 fully saturated rings. The zero-order chi connectivity index (χ0) is 47.3. The van der Waals surface area contributed by atoms with Gasteiger partial charge in [0.25, 0.3) is 0 Å². The van der Waals surface area contributed by atoms with E-state index in [1.54, 1.807) is 0 Å². The molecule has 2 aliphatic rings. The first-order valence-electron chi connectivity index (χ1n) is 24.5. The van der Waals surface area contributed by atoms with Crippen LogP contribution in [-0.2, 0) is 5.41 Å². The first-order chi connectivity index (χ1) is 35.7. The van der Waals surface area contributed by atoms with Crippen molar-refractivity contribution in [2.24, 2.45) is 0 Å². The second-order valence-electron chi connectivity index (χ2n) is 18.7. The lowest BCUT2D eigenvalue weighted by Crippen LogP contribution is -2.32. The highest BCUT2D eigenvalue weighted by atomic mass is 32.1. The Hall–Kier alpha value is -8.74. The topological polar surface area (TPSA) is 15.7 Å². The van der Waals surface area contributed by atoms with Crippen LogP contribution >= 0.6 is 22.7 Å². The lowest BCUT2D eigenvalue weighted by atomic mass is 9.66. The number of fused-ring (bicyclic) bond motifs is 16. The number of hydrogen-bond donors (Lipinski definition) is 0. The fraction of sp³-hybridized carbons (Fsp3) is 0.0149. The van der Waals surface area contributed by atoms with Crippen LogP contribution in [0.4, 0.5) is 34.1 Å². The summed E-state index contributed by atoms with van der Waals surface area (Å²) in [5.41, 5.74) is 15.5. The fourth-order valence-electron chi connectivity index (χ4n) is 11.9. The van der Waals surface area contributed by atoms with Gasteiger partial charge in [-0.2, -0.15) is 0 Å². The Bertz CT molecular complexity index is 4230. The molecular formula is C67H42N2OS2. The number of hydrogen-bond acceptors (Lipinski definition) is 5. The van der Waals surface area contributed by atoms with Crippen LogP contribution in [0.15, 0.2) is 255 Å². The van der Waals surface area contributed by atoms with E-state index >= 15 is 0 Å². The average Bonchev–Trinajstić information content (AvgIpc) is 4.11. The number of thiophene rings is 2. The molecule has 3 nitrogen and oxygen atoms in total. The number of rotatable bonds is 7. The van der Waals surface area contributed by atoms with Crippen molar-refractivity contribution in [2.45, 2.75) is 5.41 Å². The molecule has 1 aliphatic heterocycles. The van der Waals surface area contributed by atoms with Gasteiger partial charge in [0.05, 0.1) is 21.5 Å². The third-order valence-electron chi connectivity index (χ3n) is 14.9. The number of nitrogens with zero attached hydrogens (tertiary/aromatic N) is 2. The first-order valence-corrected chi connectivity index (χ1v) is 26.1. The zero-order valence-corrected chi connectivity index (χ0v) is 40.5. The summed E-state index contributed by atoms with van der Waals surface area (Å²) in [6, 6.07) is 93.1. The molecule has 338 valence electrons. The van der Waals surface area contributed by atoms with Crippen molar-refractivity contribution in [1.29, 1.82) is 0 Å². The van der Waals surface area contributed by atoms with Gasteiger partial charge in [-0.15, -0.1) is 22.7 Å². The van der Waals surface area contributed by atoms with Gasteiger partial charge in [-0.25, -0.2) is 0 Å². The minimum Gasteiger partial charge on any atom is -0.453 e. The minimum absolute atomic E-state index is 0.662. The van der Waals surface area contributed by atoms with E-state index in [0.29, 0.717) is 0 Å². The second-order valence-corrected chi connectivity index (χ2v) is 20.8. The van der Waals surface area contributed by atoms with Gasteiger partial charge >= 0.3 is 0 Å². The highest BCUT2D eigenvalue weighted by Crippen LogP contribution is 2.65. The third-order valence-corrected chi connectivity index (χ3v) is 17.2. The van der Waals surface area contributed by atoms with Crippen LogP contribution in [0.2, 0.25) is 0 Å². The molecular weight excluding hydrogens is 913 g/mol. The maximum absolute atomic E-state index is 7.77. The van der Waals surface area contributed by atoms with Crippen LogP contribution in [0, 0.1) is 0 Å².